The lowest BCUT2D eigenvalue weighted by molar-refractivity contribution is -0.149. The number of hydrogen-bond donors (Lipinski definition) is 3. The summed E-state index contributed by atoms with van der Waals surface area (Å²) in [4.78, 5) is 11.3. The molecular formula is C14H19F2NO3. The van der Waals surface area contributed by atoms with E-state index in [2.05, 4.69) is 5.32 Å². The summed E-state index contributed by atoms with van der Waals surface area (Å²) in [5, 5.41) is 21.2. The van der Waals surface area contributed by atoms with Gasteiger partial charge in [0.05, 0.1) is 5.41 Å². The van der Waals surface area contributed by atoms with Crippen molar-refractivity contribution in [2.45, 2.75) is 33.2 Å². The first-order valence-electron chi connectivity index (χ1n) is 6.48. The molecule has 1 rings (SSSR count). The van der Waals surface area contributed by atoms with Gasteiger partial charge in [-0.3, -0.25) is 4.79 Å². The van der Waals surface area contributed by atoms with E-state index in [0.29, 0.717) is 12.8 Å². The maximum absolute atomic E-state index is 13.6. The van der Waals surface area contributed by atoms with Crippen molar-refractivity contribution >= 4 is 5.97 Å². The molecule has 0 aliphatic heterocycles. The third-order valence-corrected chi connectivity index (χ3v) is 3.74. The molecule has 6 heteroatoms. The number of phenolic OH excluding ortho intramolecular Hbond substituents is 1. The molecule has 0 heterocycles. The second kappa shape index (κ2) is 6.65. The fourth-order valence-corrected chi connectivity index (χ4v) is 2.05. The molecule has 1 aromatic carbocycles. The minimum atomic E-state index is -1.02. The van der Waals surface area contributed by atoms with Crippen LogP contribution in [0.25, 0.3) is 0 Å². The Bertz CT molecular complexity index is 488. The van der Waals surface area contributed by atoms with Crippen molar-refractivity contribution in [2.24, 2.45) is 5.41 Å². The van der Waals surface area contributed by atoms with Gasteiger partial charge in [-0.25, -0.2) is 8.78 Å². The molecule has 0 aliphatic carbocycles. The van der Waals surface area contributed by atoms with Crippen LogP contribution in [0.15, 0.2) is 12.1 Å². The summed E-state index contributed by atoms with van der Waals surface area (Å²) in [6, 6.07) is 1.91. The first kappa shape index (κ1) is 16.4. The molecule has 4 nitrogen and oxygen atoms in total. The lowest BCUT2D eigenvalue weighted by Crippen LogP contribution is -2.40. The molecule has 0 unspecified atom stereocenters. The highest BCUT2D eigenvalue weighted by Gasteiger charge is 2.34. The summed E-state index contributed by atoms with van der Waals surface area (Å²) in [6.45, 7) is 3.44. The molecule has 3 N–H and O–H groups in total. The van der Waals surface area contributed by atoms with E-state index in [0.717, 1.165) is 12.1 Å². The van der Waals surface area contributed by atoms with Crippen LogP contribution in [0.5, 0.6) is 5.75 Å². The maximum Gasteiger partial charge on any atom is 0.310 e. The third-order valence-electron chi connectivity index (χ3n) is 3.74. The predicted molar refractivity (Wildman–Crippen MR) is 70.4 cm³/mol. The Balaban J connectivity index is 2.78. The second-order valence-electron chi connectivity index (χ2n) is 4.76. The van der Waals surface area contributed by atoms with E-state index in [4.69, 9.17) is 0 Å². The molecule has 0 aliphatic rings. The van der Waals surface area contributed by atoms with Crippen molar-refractivity contribution in [3.63, 3.8) is 0 Å². The lowest BCUT2D eigenvalue weighted by atomic mass is 9.82. The van der Waals surface area contributed by atoms with Crippen LogP contribution in [0.3, 0.4) is 0 Å². The zero-order valence-corrected chi connectivity index (χ0v) is 11.5. The van der Waals surface area contributed by atoms with E-state index in [1.807, 2.05) is 0 Å². The topological polar surface area (TPSA) is 69.6 Å². The van der Waals surface area contributed by atoms with Gasteiger partial charge in [-0.1, -0.05) is 13.8 Å². The Hall–Kier alpha value is -1.69. The number of aromatic hydroxyl groups is 1. The molecule has 0 aromatic heterocycles. The van der Waals surface area contributed by atoms with Gasteiger partial charge in [0.2, 0.25) is 0 Å². The van der Waals surface area contributed by atoms with Crippen molar-refractivity contribution in [1.29, 1.82) is 0 Å². The average molecular weight is 287 g/mol. The first-order chi connectivity index (χ1) is 9.38. The fourth-order valence-electron chi connectivity index (χ4n) is 2.05. The number of carbonyl (C=O) groups is 1. The van der Waals surface area contributed by atoms with Crippen LogP contribution >= 0.6 is 0 Å². The predicted octanol–water partition coefficient (Wildman–Crippen LogP) is 2.65. The van der Waals surface area contributed by atoms with Gasteiger partial charge in [0.25, 0.3) is 0 Å². The molecule has 0 radical (unpaired) electrons. The third kappa shape index (κ3) is 3.25. The summed E-state index contributed by atoms with van der Waals surface area (Å²) < 4.78 is 27.0. The van der Waals surface area contributed by atoms with Crippen LogP contribution in [-0.4, -0.2) is 22.7 Å². The number of benzene rings is 1. The molecule has 0 bridgehead atoms. The van der Waals surface area contributed by atoms with E-state index < -0.39 is 28.8 Å². The quantitative estimate of drug-likeness (QED) is 0.721. The van der Waals surface area contributed by atoms with Gasteiger partial charge < -0.3 is 15.5 Å². The first-order valence-corrected chi connectivity index (χ1v) is 6.48. The minimum absolute atomic E-state index is 0.101. The van der Waals surface area contributed by atoms with E-state index in [-0.39, 0.29) is 18.7 Å². The lowest BCUT2D eigenvalue weighted by Gasteiger charge is -2.27. The van der Waals surface area contributed by atoms with Crippen LogP contribution in [0.4, 0.5) is 8.78 Å². The van der Waals surface area contributed by atoms with Gasteiger partial charge in [-0.2, -0.15) is 0 Å². The zero-order valence-electron chi connectivity index (χ0n) is 11.5. The number of halogens is 2. The Labute approximate surface area is 116 Å². The van der Waals surface area contributed by atoms with Gasteiger partial charge in [0.15, 0.2) is 11.6 Å². The molecular weight excluding hydrogens is 268 g/mol. The Morgan fingerprint density at radius 1 is 1.30 bits per heavy atom. The van der Waals surface area contributed by atoms with E-state index >= 15 is 0 Å². The zero-order chi connectivity index (χ0) is 15.3. The second-order valence-corrected chi connectivity index (χ2v) is 4.76. The summed E-state index contributed by atoms with van der Waals surface area (Å²) in [7, 11) is 0. The number of nitrogens with one attached hydrogen (secondary N) is 1. The normalized spacial score (nSPS) is 11.6. The summed E-state index contributed by atoms with van der Waals surface area (Å²) >= 11 is 0. The van der Waals surface area contributed by atoms with Crippen molar-refractivity contribution in [3.05, 3.63) is 29.3 Å². The van der Waals surface area contributed by atoms with Crippen LogP contribution < -0.4 is 5.32 Å². The smallest absolute Gasteiger partial charge is 0.310 e. The van der Waals surface area contributed by atoms with Gasteiger partial charge in [-0.15, -0.1) is 0 Å². The highest BCUT2D eigenvalue weighted by Crippen LogP contribution is 2.26. The number of phenols is 1. The van der Waals surface area contributed by atoms with Gasteiger partial charge in [0, 0.05) is 18.7 Å². The Morgan fingerprint density at radius 3 is 2.40 bits per heavy atom. The van der Waals surface area contributed by atoms with Gasteiger partial charge in [-0.05, 0) is 25.0 Å². The number of carboxylic acid groups (broad SMARTS) is 1. The largest absolute Gasteiger partial charge is 0.505 e. The fraction of sp³-hybridized carbons (Fsp3) is 0.500. The van der Waals surface area contributed by atoms with Crippen LogP contribution in [0.2, 0.25) is 0 Å². The summed E-state index contributed by atoms with van der Waals surface area (Å²) in [6.07, 6.45) is 0.827. The van der Waals surface area contributed by atoms with Crippen molar-refractivity contribution < 1.29 is 23.8 Å². The molecule has 20 heavy (non-hydrogen) atoms. The number of hydrogen-bond acceptors (Lipinski definition) is 3. The average Bonchev–Trinajstić information content (AvgIpc) is 2.42. The van der Waals surface area contributed by atoms with Crippen LogP contribution in [0.1, 0.15) is 32.3 Å². The number of carboxylic acids is 1. The standard InChI is InChI=1S/C14H19F2NO3/c1-3-14(4-2,13(19)20)8-17-7-9-10(15)5-6-11(18)12(9)16/h5-6,17-18H,3-4,7-8H2,1-2H3,(H,19,20). The highest BCUT2D eigenvalue weighted by molar-refractivity contribution is 5.74. The molecule has 0 spiro atoms. The molecule has 112 valence electrons. The SMILES string of the molecule is CCC(CC)(CNCc1c(F)ccc(O)c1F)C(=O)O. The van der Waals surface area contributed by atoms with Crippen LogP contribution in [-0.2, 0) is 11.3 Å². The molecule has 0 saturated carbocycles. The highest BCUT2D eigenvalue weighted by atomic mass is 19.1. The Morgan fingerprint density at radius 2 is 1.90 bits per heavy atom. The molecule has 0 fully saturated rings. The minimum Gasteiger partial charge on any atom is -0.505 e. The molecule has 1 aromatic rings. The maximum atomic E-state index is 13.6. The van der Waals surface area contributed by atoms with Crippen molar-refractivity contribution in [3.8, 4) is 5.75 Å². The van der Waals surface area contributed by atoms with Crippen molar-refractivity contribution in [1.82, 2.24) is 5.32 Å². The monoisotopic (exact) mass is 287 g/mol. The van der Waals surface area contributed by atoms with Crippen molar-refractivity contribution in [2.75, 3.05) is 6.54 Å². The van der Waals surface area contributed by atoms with E-state index in [1.165, 1.54) is 0 Å². The van der Waals surface area contributed by atoms with Crippen LogP contribution in [0, 0.1) is 17.0 Å². The molecule has 0 saturated heterocycles. The van der Waals surface area contributed by atoms with E-state index in [9.17, 15) is 23.8 Å². The molecule has 0 amide bonds. The van der Waals surface area contributed by atoms with Gasteiger partial charge in [0.1, 0.15) is 5.82 Å². The van der Waals surface area contributed by atoms with E-state index in [1.54, 1.807) is 13.8 Å². The van der Waals surface area contributed by atoms with Gasteiger partial charge >= 0.3 is 5.97 Å². The summed E-state index contributed by atoms with van der Waals surface area (Å²) in [5.41, 5.74) is -1.25. The number of aliphatic carboxylic acids is 1. The number of rotatable bonds is 7. The Kier molecular flexibility index (Phi) is 5.44. The summed E-state index contributed by atoms with van der Waals surface area (Å²) in [5.74, 6) is -3.36. The molecule has 0 atom stereocenters.